The van der Waals surface area contributed by atoms with Crippen LogP contribution in [0.25, 0.3) is 11.0 Å². The molecule has 0 unspecified atom stereocenters. The number of nitrogens with two attached hydrogens (primary N) is 1. The summed E-state index contributed by atoms with van der Waals surface area (Å²) in [7, 11) is -3.87. The number of sulfonamides is 1. The molecule has 1 aromatic heterocycles. The van der Waals surface area contributed by atoms with Crippen LogP contribution in [-0.4, -0.2) is 20.9 Å². The number of anilines is 1. The van der Waals surface area contributed by atoms with Crippen LogP contribution in [0.5, 0.6) is 5.75 Å². The number of carbonyl (C=O) groups excluding carboxylic acids is 1. The highest BCUT2D eigenvalue weighted by molar-refractivity contribution is 7.89. The molecule has 3 aromatic rings. The number of hydrogen-bond donors (Lipinski definition) is 2. The number of nitrogens with one attached hydrogen (secondary N) is 1. The van der Waals surface area contributed by atoms with Gasteiger partial charge in [0, 0.05) is 23.1 Å². The van der Waals surface area contributed by atoms with Crippen LogP contribution in [0.3, 0.4) is 0 Å². The number of ether oxygens (including phenoxy) is 1. The lowest BCUT2D eigenvalue weighted by atomic mass is 9.96. The lowest BCUT2D eigenvalue weighted by molar-refractivity contribution is -0.118. The van der Waals surface area contributed by atoms with Gasteiger partial charge in [-0.2, -0.15) is 0 Å². The van der Waals surface area contributed by atoms with Gasteiger partial charge in [-0.15, -0.1) is 0 Å². The molecule has 8 heteroatoms. The van der Waals surface area contributed by atoms with Crippen molar-refractivity contribution in [3.05, 3.63) is 53.3 Å². The molecule has 1 amide bonds. The van der Waals surface area contributed by atoms with E-state index in [1.807, 2.05) is 19.1 Å². The highest BCUT2D eigenvalue weighted by Crippen LogP contribution is 2.34. The van der Waals surface area contributed by atoms with Crippen molar-refractivity contribution in [2.45, 2.75) is 43.9 Å². The van der Waals surface area contributed by atoms with E-state index in [4.69, 9.17) is 14.3 Å². The number of fused-ring (bicyclic) bond motifs is 3. The molecular weight excluding hydrogens is 404 g/mol. The van der Waals surface area contributed by atoms with E-state index in [2.05, 4.69) is 5.32 Å². The molecule has 0 bridgehead atoms. The van der Waals surface area contributed by atoms with Crippen LogP contribution in [0, 0.1) is 0 Å². The summed E-state index contributed by atoms with van der Waals surface area (Å²) in [4.78, 5) is 12.3. The molecule has 0 spiro atoms. The average molecular weight is 429 g/mol. The molecule has 30 heavy (non-hydrogen) atoms. The topological polar surface area (TPSA) is 112 Å². The Morgan fingerprint density at radius 2 is 1.97 bits per heavy atom. The van der Waals surface area contributed by atoms with E-state index in [1.54, 1.807) is 18.2 Å². The van der Waals surface area contributed by atoms with Gasteiger partial charge in [0.2, 0.25) is 10.0 Å². The lowest BCUT2D eigenvalue weighted by Gasteiger charge is -2.11. The molecule has 1 heterocycles. The van der Waals surface area contributed by atoms with Crippen LogP contribution < -0.4 is 15.2 Å². The van der Waals surface area contributed by atoms with Crippen LogP contribution in [0.15, 0.2) is 45.7 Å². The molecule has 7 nitrogen and oxygen atoms in total. The van der Waals surface area contributed by atoms with Gasteiger partial charge in [0.25, 0.3) is 5.91 Å². The van der Waals surface area contributed by atoms with E-state index >= 15 is 0 Å². The van der Waals surface area contributed by atoms with Gasteiger partial charge in [0.1, 0.15) is 17.1 Å². The summed E-state index contributed by atoms with van der Waals surface area (Å²) in [6.45, 7) is 1.63. The van der Waals surface area contributed by atoms with Crippen LogP contribution in [0.4, 0.5) is 5.69 Å². The first-order valence-corrected chi connectivity index (χ1v) is 11.5. The fraction of sp³-hybridized carbons (Fsp3) is 0.318. The number of rotatable bonds is 6. The fourth-order valence-electron chi connectivity index (χ4n) is 3.87. The van der Waals surface area contributed by atoms with E-state index < -0.39 is 15.9 Å². The number of aryl methyl sites for hydroxylation is 3. The Morgan fingerprint density at radius 3 is 2.73 bits per heavy atom. The highest BCUT2D eigenvalue weighted by Gasteiger charge is 2.18. The molecule has 0 aliphatic heterocycles. The standard InChI is InChI=1S/C22H24N2O5S/c1-2-14-7-8-15(11-21(14)30(23,26)27)24-22(25)13-28-16-9-10-20-18(12-16)17-5-3-4-6-19(17)29-20/h7-12H,2-6,13H2,1H3,(H,24,25)(H2,23,26,27). The zero-order valence-corrected chi connectivity index (χ0v) is 17.6. The summed E-state index contributed by atoms with van der Waals surface area (Å²) in [5.41, 5.74) is 3.02. The zero-order valence-electron chi connectivity index (χ0n) is 16.7. The SMILES string of the molecule is CCc1ccc(NC(=O)COc2ccc3oc4c(c3c2)CCCC4)cc1S(N)(=O)=O. The summed E-state index contributed by atoms with van der Waals surface area (Å²) in [6, 6.07) is 10.2. The third-order valence-electron chi connectivity index (χ3n) is 5.33. The summed E-state index contributed by atoms with van der Waals surface area (Å²) in [6.07, 6.45) is 4.75. The number of benzene rings is 2. The van der Waals surface area contributed by atoms with Crippen molar-refractivity contribution >= 4 is 32.6 Å². The van der Waals surface area contributed by atoms with Crippen LogP contribution in [0.2, 0.25) is 0 Å². The van der Waals surface area contributed by atoms with Crippen LogP contribution in [-0.2, 0) is 34.1 Å². The molecule has 0 fully saturated rings. The first-order chi connectivity index (χ1) is 14.3. The number of amides is 1. The van der Waals surface area contributed by atoms with Crippen LogP contribution in [0.1, 0.15) is 36.7 Å². The van der Waals surface area contributed by atoms with Gasteiger partial charge in [-0.25, -0.2) is 13.6 Å². The molecule has 1 aliphatic rings. The normalized spacial score (nSPS) is 13.8. The van der Waals surface area contributed by atoms with Crippen molar-refractivity contribution in [3.8, 4) is 5.75 Å². The molecule has 0 saturated heterocycles. The molecule has 0 atom stereocenters. The van der Waals surface area contributed by atoms with Crippen molar-refractivity contribution in [3.63, 3.8) is 0 Å². The first kappa shape index (κ1) is 20.4. The molecule has 0 saturated carbocycles. The van der Waals surface area contributed by atoms with Gasteiger partial charge in [-0.1, -0.05) is 13.0 Å². The van der Waals surface area contributed by atoms with Gasteiger partial charge in [0.15, 0.2) is 6.61 Å². The molecule has 158 valence electrons. The Morgan fingerprint density at radius 1 is 1.17 bits per heavy atom. The van der Waals surface area contributed by atoms with Gasteiger partial charge in [-0.05, 0) is 61.6 Å². The Hall–Kier alpha value is -2.84. The maximum atomic E-state index is 12.3. The van der Waals surface area contributed by atoms with E-state index in [1.165, 1.54) is 11.6 Å². The molecule has 4 rings (SSSR count). The monoisotopic (exact) mass is 428 g/mol. The predicted octanol–water partition coefficient (Wildman–Crippen LogP) is 3.54. The first-order valence-electron chi connectivity index (χ1n) is 9.98. The Labute approximate surface area is 175 Å². The van der Waals surface area contributed by atoms with E-state index in [-0.39, 0.29) is 11.5 Å². The average Bonchev–Trinajstić information content (AvgIpc) is 3.09. The predicted molar refractivity (Wildman–Crippen MR) is 114 cm³/mol. The summed E-state index contributed by atoms with van der Waals surface area (Å²) >= 11 is 0. The van der Waals surface area contributed by atoms with E-state index in [9.17, 15) is 13.2 Å². The Kier molecular flexibility index (Phi) is 5.53. The van der Waals surface area contributed by atoms with Crippen molar-refractivity contribution < 1.29 is 22.4 Å². The highest BCUT2D eigenvalue weighted by atomic mass is 32.2. The maximum Gasteiger partial charge on any atom is 0.262 e. The third kappa shape index (κ3) is 4.20. The molecule has 0 radical (unpaired) electrons. The number of furan rings is 1. The second-order valence-corrected chi connectivity index (χ2v) is 8.96. The largest absolute Gasteiger partial charge is 0.484 e. The Balaban J connectivity index is 1.45. The molecule has 2 aromatic carbocycles. The van der Waals surface area contributed by atoms with Gasteiger partial charge in [-0.3, -0.25) is 4.79 Å². The second-order valence-electron chi connectivity index (χ2n) is 7.43. The zero-order chi connectivity index (χ0) is 21.3. The molecular formula is C22H24N2O5S. The van der Waals surface area contributed by atoms with Gasteiger partial charge in [0.05, 0.1) is 4.90 Å². The maximum absolute atomic E-state index is 12.3. The minimum absolute atomic E-state index is 0.0129. The lowest BCUT2D eigenvalue weighted by Crippen LogP contribution is -2.21. The summed E-state index contributed by atoms with van der Waals surface area (Å²) in [5.74, 6) is 1.24. The van der Waals surface area contributed by atoms with Crippen molar-refractivity contribution in [2.24, 2.45) is 5.14 Å². The van der Waals surface area contributed by atoms with Crippen LogP contribution >= 0.6 is 0 Å². The fourth-order valence-corrected chi connectivity index (χ4v) is 4.74. The summed E-state index contributed by atoms with van der Waals surface area (Å²) in [5, 5.41) is 8.97. The third-order valence-corrected chi connectivity index (χ3v) is 6.33. The smallest absolute Gasteiger partial charge is 0.262 e. The second kappa shape index (κ2) is 8.12. The number of carbonyl (C=O) groups is 1. The Bertz CT molecular complexity index is 1210. The van der Waals surface area contributed by atoms with E-state index in [0.29, 0.717) is 23.4 Å². The van der Waals surface area contributed by atoms with Crippen molar-refractivity contribution in [2.75, 3.05) is 11.9 Å². The molecule has 1 aliphatic carbocycles. The van der Waals surface area contributed by atoms with Crippen molar-refractivity contribution in [1.82, 2.24) is 0 Å². The van der Waals surface area contributed by atoms with Gasteiger partial charge < -0.3 is 14.5 Å². The number of hydrogen-bond acceptors (Lipinski definition) is 5. The van der Waals surface area contributed by atoms with Crippen molar-refractivity contribution in [1.29, 1.82) is 0 Å². The minimum Gasteiger partial charge on any atom is -0.484 e. The minimum atomic E-state index is -3.87. The number of primary sulfonamides is 1. The van der Waals surface area contributed by atoms with Gasteiger partial charge >= 0.3 is 0 Å². The molecule has 3 N–H and O–H groups in total. The summed E-state index contributed by atoms with van der Waals surface area (Å²) < 4.78 is 35.1. The van der Waals surface area contributed by atoms with E-state index in [0.717, 1.165) is 42.4 Å². The quantitative estimate of drug-likeness (QED) is 0.624.